The third-order valence-electron chi connectivity index (χ3n) is 6.88. The summed E-state index contributed by atoms with van der Waals surface area (Å²) in [4.78, 5) is 27.9. The average Bonchev–Trinajstić information content (AvgIpc) is 3.48. The minimum atomic E-state index is -0.555. The highest BCUT2D eigenvalue weighted by Crippen LogP contribution is 2.39. The Balaban J connectivity index is 1.48. The van der Waals surface area contributed by atoms with Gasteiger partial charge in [-0.1, -0.05) is 0 Å². The maximum Gasteiger partial charge on any atom is 0.420 e. The smallest absolute Gasteiger partial charge is 0.420 e. The van der Waals surface area contributed by atoms with E-state index in [0.717, 1.165) is 43.3 Å². The number of carbonyl (C=O) groups excluding carboxylic acids is 1. The molecule has 206 valence electrons. The van der Waals surface area contributed by atoms with Gasteiger partial charge in [0.1, 0.15) is 29.7 Å². The van der Waals surface area contributed by atoms with Gasteiger partial charge in [0.25, 0.3) is 0 Å². The number of nitrogens with zero attached hydrogens (tertiary/aromatic N) is 5. The molecule has 1 amide bonds. The quantitative estimate of drug-likeness (QED) is 0.455. The van der Waals surface area contributed by atoms with Gasteiger partial charge in [0.05, 0.1) is 44.5 Å². The maximum absolute atomic E-state index is 13.5. The van der Waals surface area contributed by atoms with Gasteiger partial charge in [-0.05, 0) is 37.4 Å². The summed E-state index contributed by atoms with van der Waals surface area (Å²) in [5.41, 5.74) is 3.01. The van der Waals surface area contributed by atoms with E-state index in [0.29, 0.717) is 42.6 Å². The number of likely N-dealkylation sites (N-methyl/N-ethyl adjacent to an activating group) is 1. The molecule has 11 nitrogen and oxygen atoms in total. The van der Waals surface area contributed by atoms with E-state index in [1.807, 2.05) is 18.2 Å². The van der Waals surface area contributed by atoms with E-state index in [9.17, 15) is 4.79 Å². The summed E-state index contributed by atoms with van der Waals surface area (Å²) in [6.45, 7) is 4.79. The number of anilines is 5. The number of rotatable bonds is 8. The van der Waals surface area contributed by atoms with E-state index in [1.165, 1.54) is 11.2 Å². The predicted octanol–water partition coefficient (Wildman–Crippen LogP) is 4.05. The van der Waals surface area contributed by atoms with Crippen molar-refractivity contribution in [2.45, 2.75) is 12.5 Å². The zero-order chi connectivity index (χ0) is 27.2. The second-order valence-electron chi connectivity index (χ2n) is 9.46. The average molecular weight is 535 g/mol. The molecule has 2 aliphatic rings. The van der Waals surface area contributed by atoms with Gasteiger partial charge in [-0.15, -0.1) is 0 Å². The van der Waals surface area contributed by atoms with Crippen molar-refractivity contribution in [1.82, 2.24) is 14.9 Å². The Kier molecular flexibility index (Phi) is 8.28. The van der Waals surface area contributed by atoms with E-state index in [1.54, 1.807) is 38.6 Å². The fourth-order valence-electron chi connectivity index (χ4n) is 4.69. The molecular weight excluding hydrogens is 500 g/mol. The summed E-state index contributed by atoms with van der Waals surface area (Å²) in [6, 6.07) is 13.1. The Morgan fingerprint density at radius 2 is 1.92 bits per heavy atom. The number of hydrogen-bond acceptors (Lipinski definition) is 10. The molecule has 0 radical (unpaired) electrons. The minimum Gasteiger partial charge on any atom is -0.497 e. The van der Waals surface area contributed by atoms with Crippen molar-refractivity contribution in [3.05, 3.63) is 55.0 Å². The first kappa shape index (κ1) is 26.5. The first-order valence-corrected chi connectivity index (χ1v) is 13.0. The zero-order valence-corrected chi connectivity index (χ0v) is 22.5. The topological polar surface area (TPSA) is 102 Å². The molecule has 0 aliphatic carbocycles. The minimum absolute atomic E-state index is 0.317. The normalized spacial score (nSPS) is 17.5. The summed E-state index contributed by atoms with van der Waals surface area (Å²) in [5, 5.41) is 3.45. The van der Waals surface area contributed by atoms with Crippen LogP contribution in [0.2, 0.25) is 0 Å². The molecule has 3 aromatic rings. The van der Waals surface area contributed by atoms with Crippen molar-refractivity contribution in [3.8, 4) is 11.5 Å². The Morgan fingerprint density at radius 3 is 2.62 bits per heavy atom. The second-order valence-corrected chi connectivity index (χ2v) is 9.46. The summed E-state index contributed by atoms with van der Waals surface area (Å²) in [7, 11) is 5.41. The van der Waals surface area contributed by atoms with E-state index in [2.05, 4.69) is 38.2 Å². The van der Waals surface area contributed by atoms with Crippen LogP contribution in [0.15, 0.2) is 55.0 Å². The molecule has 2 saturated heterocycles. The van der Waals surface area contributed by atoms with Crippen molar-refractivity contribution in [2.75, 3.05) is 75.8 Å². The van der Waals surface area contributed by atoms with Crippen LogP contribution < -0.4 is 24.6 Å². The van der Waals surface area contributed by atoms with Gasteiger partial charge in [0.15, 0.2) is 0 Å². The van der Waals surface area contributed by atoms with Crippen molar-refractivity contribution < 1.29 is 23.7 Å². The van der Waals surface area contributed by atoms with Gasteiger partial charge in [0.2, 0.25) is 0 Å². The molecule has 3 heterocycles. The number of amides is 1. The van der Waals surface area contributed by atoms with Gasteiger partial charge in [-0.2, -0.15) is 0 Å². The molecule has 5 rings (SSSR count). The third kappa shape index (κ3) is 6.15. The van der Waals surface area contributed by atoms with Crippen LogP contribution in [0.1, 0.15) is 6.42 Å². The molecular formula is C28H34N6O5. The lowest BCUT2D eigenvalue weighted by Crippen LogP contribution is -2.44. The fraction of sp³-hybridized carbons (Fsp3) is 0.393. The highest BCUT2D eigenvalue weighted by atomic mass is 16.6. The van der Waals surface area contributed by atoms with Crippen molar-refractivity contribution in [2.24, 2.45) is 0 Å². The Labute approximate surface area is 228 Å². The van der Waals surface area contributed by atoms with Crippen molar-refractivity contribution >= 4 is 34.7 Å². The van der Waals surface area contributed by atoms with Crippen LogP contribution in [0, 0.1) is 0 Å². The highest BCUT2D eigenvalue weighted by Gasteiger charge is 2.29. The van der Waals surface area contributed by atoms with E-state index in [4.69, 9.17) is 18.9 Å². The first-order chi connectivity index (χ1) is 19.1. The molecule has 2 fully saturated rings. The van der Waals surface area contributed by atoms with E-state index < -0.39 is 6.09 Å². The van der Waals surface area contributed by atoms with E-state index >= 15 is 0 Å². The van der Waals surface area contributed by atoms with Gasteiger partial charge >= 0.3 is 6.09 Å². The number of nitrogens with one attached hydrogen (secondary N) is 1. The third-order valence-corrected chi connectivity index (χ3v) is 6.88. The summed E-state index contributed by atoms with van der Waals surface area (Å²) < 4.78 is 22.5. The second kappa shape index (κ2) is 12.2. The largest absolute Gasteiger partial charge is 0.497 e. The molecule has 2 aromatic carbocycles. The number of piperazine rings is 1. The van der Waals surface area contributed by atoms with Crippen LogP contribution in [0.3, 0.4) is 0 Å². The SMILES string of the molecule is COc1ccc(N(C(=O)O[C@H]2CCOC2)c2ccncn2)c(Nc2ccc(N3CCN(C)CC3)c(OC)c2)c1. The molecule has 11 heteroatoms. The fourth-order valence-corrected chi connectivity index (χ4v) is 4.69. The van der Waals surface area contributed by atoms with Crippen molar-refractivity contribution in [3.63, 3.8) is 0 Å². The molecule has 0 saturated carbocycles. The van der Waals surface area contributed by atoms with Gasteiger partial charge in [-0.25, -0.2) is 19.7 Å². The summed E-state index contributed by atoms with van der Waals surface area (Å²) >= 11 is 0. The molecule has 0 bridgehead atoms. The summed E-state index contributed by atoms with van der Waals surface area (Å²) in [5.74, 6) is 1.77. The molecule has 1 atom stereocenters. The molecule has 2 aliphatic heterocycles. The molecule has 1 N–H and O–H groups in total. The predicted molar refractivity (Wildman–Crippen MR) is 149 cm³/mol. The molecule has 0 unspecified atom stereocenters. The van der Waals surface area contributed by atoms with Crippen LogP contribution >= 0.6 is 0 Å². The Morgan fingerprint density at radius 1 is 1.08 bits per heavy atom. The van der Waals surface area contributed by atoms with Crippen molar-refractivity contribution in [1.29, 1.82) is 0 Å². The lowest BCUT2D eigenvalue weighted by atomic mass is 10.2. The number of ether oxygens (including phenoxy) is 4. The lowest BCUT2D eigenvalue weighted by Gasteiger charge is -2.34. The monoisotopic (exact) mass is 534 g/mol. The van der Waals surface area contributed by atoms with Crippen LogP contribution in [-0.2, 0) is 9.47 Å². The number of aromatic nitrogens is 2. The van der Waals surface area contributed by atoms with Crippen LogP contribution in [0.25, 0.3) is 0 Å². The number of hydrogen-bond donors (Lipinski definition) is 1. The molecule has 39 heavy (non-hydrogen) atoms. The zero-order valence-electron chi connectivity index (χ0n) is 22.5. The van der Waals surface area contributed by atoms with Gasteiger partial charge in [-0.3, -0.25) is 0 Å². The highest BCUT2D eigenvalue weighted by molar-refractivity contribution is 5.99. The maximum atomic E-state index is 13.5. The first-order valence-electron chi connectivity index (χ1n) is 13.0. The molecule has 0 spiro atoms. The van der Waals surface area contributed by atoms with Crippen LogP contribution in [0.5, 0.6) is 11.5 Å². The standard InChI is InChI=1S/C28H34N6O5/c1-32-11-13-33(14-12-32)25-6-4-20(16-26(25)37-3)31-23-17-21(36-2)5-7-24(23)34(27-8-10-29-19-30-27)28(35)39-22-9-15-38-18-22/h4-8,10,16-17,19,22,31H,9,11-15,18H2,1-3H3/t22-/m0/s1. The molecule has 1 aromatic heterocycles. The van der Waals surface area contributed by atoms with Crippen LogP contribution in [0.4, 0.5) is 33.4 Å². The lowest BCUT2D eigenvalue weighted by molar-refractivity contribution is 0.0898. The number of methoxy groups -OCH3 is 2. The Hall–Kier alpha value is -4.09. The number of benzene rings is 2. The summed E-state index contributed by atoms with van der Waals surface area (Å²) in [6.07, 6.45) is 2.76. The van der Waals surface area contributed by atoms with Gasteiger partial charge < -0.3 is 34.1 Å². The van der Waals surface area contributed by atoms with E-state index in [-0.39, 0.29) is 6.10 Å². The van der Waals surface area contributed by atoms with Gasteiger partial charge in [0, 0.05) is 56.6 Å². The number of carbonyl (C=O) groups is 1. The Bertz CT molecular complexity index is 1260. The van der Waals surface area contributed by atoms with Crippen LogP contribution in [-0.4, -0.2) is 87.7 Å².